The van der Waals surface area contributed by atoms with E-state index >= 15 is 0 Å². The Balaban J connectivity index is 2.65. The quantitative estimate of drug-likeness (QED) is 0.674. The molecule has 1 rings (SSSR count). The maximum atomic E-state index is 11.3. The molecule has 0 atom stereocenters. The second-order valence-electron chi connectivity index (χ2n) is 4.37. The first kappa shape index (κ1) is 12.7. The van der Waals surface area contributed by atoms with Gasteiger partial charge in [0.05, 0.1) is 0 Å². The standard InChI is InChI=1S/C15H20O/c1-4-5-15(16)11-8-13-6-9-14(10-7-13)12(2)3/h6-12H,4-5H2,1-3H3/b11-8+. The fourth-order valence-electron chi connectivity index (χ4n) is 1.51. The van der Waals surface area contributed by atoms with E-state index in [1.165, 1.54) is 5.56 Å². The fraction of sp³-hybridized carbons (Fsp3) is 0.400. The molecule has 0 aromatic heterocycles. The van der Waals surface area contributed by atoms with Crippen LogP contribution >= 0.6 is 0 Å². The lowest BCUT2D eigenvalue weighted by atomic mass is 10.0. The molecule has 0 bridgehead atoms. The van der Waals surface area contributed by atoms with E-state index in [9.17, 15) is 4.79 Å². The maximum Gasteiger partial charge on any atom is 0.155 e. The second kappa shape index (κ2) is 6.26. The third kappa shape index (κ3) is 4.01. The van der Waals surface area contributed by atoms with Gasteiger partial charge >= 0.3 is 0 Å². The molecule has 1 nitrogen and oxygen atoms in total. The van der Waals surface area contributed by atoms with Gasteiger partial charge < -0.3 is 0 Å². The summed E-state index contributed by atoms with van der Waals surface area (Å²) in [6.07, 6.45) is 5.12. The number of ketones is 1. The van der Waals surface area contributed by atoms with Crippen LogP contribution in [0.1, 0.15) is 50.7 Å². The average molecular weight is 216 g/mol. The number of allylic oxidation sites excluding steroid dienone is 1. The molecule has 0 fully saturated rings. The summed E-state index contributed by atoms with van der Waals surface area (Å²) in [6, 6.07) is 8.36. The molecule has 0 spiro atoms. The van der Waals surface area contributed by atoms with Crippen LogP contribution in [-0.4, -0.2) is 5.78 Å². The van der Waals surface area contributed by atoms with Gasteiger partial charge in [-0.15, -0.1) is 0 Å². The fourth-order valence-corrected chi connectivity index (χ4v) is 1.51. The topological polar surface area (TPSA) is 17.1 Å². The predicted molar refractivity (Wildman–Crippen MR) is 69.5 cm³/mol. The molecule has 1 aromatic rings. The normalized spacial score (nSPS) is 11.2. The molecule has 1 heteroatoms. The van der Waals surface area contributed by atoms with Crippen LogP contribution in [0.2, 0.25) is 0 Å². The van der Waals surface area contributed by atoms with Crippen molar-refractivity contribution < 1.29 is 4.79 Å². The van der Waals surface area contributed by atoms with Crippen LogP contribution in [0, 0.1) is 0 Å². The van der Waals surface area contributed by atoms with Crippen molar-refractivity contribution in [2.24, 2.45) is 0 Å². The van der Waals surface area contributed by atoms with Crippen LogP contribution in [0.25, 0.3) is 6.08 Å². The molecular formula is C15H20O. The molecule has 16 heavy (non-hydrogen) atoms. The van der Waals surface area contributed by atoms with E-state index in [0.717, 1.165) is 12.0 Å². The molecule has 0 aliphatic heterocycles. The molecule has 1 aromatic carbocycles. The lowest BCUT2D eigenvalue weighted by Gasteiger charge is -2.04. The summed E-state index contributed by atoms with van der Waals surface area (Å²) in [6.45, 7) is 6.37. The van der Waals surface area contributed by atoms with E-state index in [1.807, 2.05) is 13.0 Å². The van der Waals surface area contributed by atoms with E-state index in [-0.39, 0.29) is 5.78 Å². The van der Waals surface area contributed by atoms with Gasteiger partial charge in [-0.2, -0.15) is 0 Å². The van der Waals surface area contributed by atoms with Gasteiger partial charge in [0.1, 0.15) is 0 Å². The number of hydrogen-bond acceptors (Lipinski definition) is 1. The Kier molecular flexibility index (Phi) is 4.97. The first-order valence-corrected chi connectivity index (χ1v) is 5.94. The van der Waals surface area contributed by atoms with Crippen molar-refractivity contribution in [1.29, 1.82) is 0 Å². The van der Waals surface area contributed by atoms with Gasteiger partial charge in [0.15, 0.2) is 5.78 Å². The van der Waals surface area contributed by atoms with E-state index in [0.29, 0.717) is 12.3 Å². The average Bonchev–Trinajstić information content (AvgIpc) is 2.27. The number of carbonyl (C=O) groups excluding carboxylic acids is 1. The van der Waals surface area contributed by atoms with Crippen molar-refractivity contribution in [2.75, 3.05) is 0 Å². The van der Waals surface area contributed by atoms with Crippen LogP contribution < -0.4 is 0 Å². The molecule has 0 radical (unpaired) electrons. The summed E-state index contributed by atoms with van der Waals surface area (Å²) < 4.78 is 0. The summed E-state index contributed by atoms with van der Waals surface area (Å²) in [4.78, 5) is 11.3. The second-order valence-corrected chi connectivity index (χ2v) is 4.37. The number of hydrogen-bond donors (Lipinski definition) is 0. The number of benzene rings is 1. The Morgan fingerprint density at radius 2 is 1.88 bits per heavy atom. The summed E-state index contributed by atoms with van der Waals surface area (Å²) >= 11 is 0. The SMILES string of the molecule is CCCC(=O)/C=C/c1ccc(C(C)C)cc1. The van der Waals surface area contributed by atoms with Crippen LogP contribution in [-0.2, 0) is 4.79 Å². The first-order chi connectivity index (χ1) is 7.63. The number of rotatable bonds is 5. The van der Waals surface area contributed by atoms with E-state index in [1.54, 1.807) is 6.08 Å². The Bertz CT molecular complexity index is 358. The van der Waals surface area contributed by atoms with E-state index in [4.69, 9.17) is 0 Å². The third-order valence-corrected chi connectivity index (χ3v) is 2.56. The van der Waals surface area contributed by atoms with Crippen molar-refractivity contribution in [3.8, 4) is 0 Å². The zero-order valence-corrected chi connectivity index (χ0v) is 10.4. The van der Waals surface area contributed by atoms with Gasteiger partial charge in [-0.05, 0) is 29.5 Å². The minimum atomic E-state index is 0.204. The summed E-state index contributed by atoms with van der Waals surface area (Å²) in [7, 11) is 0. The van der Waals surface area contributed by atoms with Crippen LogP contribution in [0.3, 0.4) is 0 Å². The van der Waals surface area contributed by atoms with Crippen molar-refractivity contribution in [1.82, 2.24) is 0 Å². The lowest BCUT2D eigenvalue weighted by molar-refractivity contribution is -0.114. The van der Waals surface area contributed by atoms with Gasteiger partial charge in [0, 0.05) is 6.42 Å². The van der Waals surface area contributed by atoms with Gasteiger partial charge in [-0.3, -0.25) is 4.79 Å². The van der Waals surface area contributed by atoms with E-state index < -0.39 is 0 Å². The smallest absolute Gasteiger partial charge is 0.155 e. The van der Waals surface area contributed by atoms with Gasteiger partial charge in [0.2, 0.25) is 0 Å². The summed E-state index contributed by atoms with van der Waals surface area (Å²) in [5.74, 6) is 0.759. The summed E-state index contributed by atoms with van der Waals surface area (Å²) in [5.41, 5.74) is 2.42. The molecule has 0 saturated carbocycles. The molecule has 86 valence electrons. The maximum absolute atomic E-state index is 11.3. The lowest BCUT2D eigenvalue weighted by Crippen LogP contribution is -1.90. The summed E-state index contributed by atoms with van der Waals surface area (Å²) in [5, 5.41) is 0. The minimum Gasteiger partial charge on any atom is -0.295 e. The zero-order valence-electron chi connectivity index (χ0n) is 10.4. The highest BCUT2D eigenvalue weighted by Gasteiger charge is 1.97. The Morgan fingerprint density at radius 3 is 2.38 bits per heavy atom. The van der Waals surface area contributed by atoms with Crippen molar-refractivity contribution in [2.45, 2.75) is 39.5 Å². The van der Waals surface area contributed by atoms with Gasteiger partial charge in [0.25, 0.3) is 0 Å². The molecule has 0 heterocycles. The highest BCUT2D eigenvalue weighted by molar-refractivity contribution is 5.93. The third-order valence-electron chi connectivity index (χ3n) is 2.56. The highest BCUT2D eigenvalue weighted by atomic mass is 16.1. The van der Waals surface area contributed by atoms with Gasteiger partial charge in [-0.1, -0.05) is 51.1 Å². The first-order valence-electron chi connectivity index (χ1n) is 5.94. The highest BCUT2D eigenvalue weighted by Crippen LogP contribution is 2.15. The Labute approximate surface area is 98.2 Å². The monoisotopic (exact) mass is 216 g/mol. The Hall–Kier alpha value is -1.37. The van der Waals surface area contributed by atoms with Crippen molar-refractivity contribution in [3.63, 3.8) is 0 Å². The zero-order chi connectivity index (χ0) is 12.0. The van der Waals surface area contributed by atoms with Crippen LogP contribution in [0.5, 0.6) is 0 Å². The molecule has 0 saturated heterocycles. The molecule has 0 aliphatic carbocycles. The molecular weight excluding hydrogens is 196 g/mol. The largest absolute Gasteiger partial charge is 0.295 e. The number of carbonyl (C=O) groups is 1. The predicted octanol–water partition coefficient (Wildman–Crippen LogP) is 4.19. The molecule has 0 unspecified atom stereocenters. The molecule has 0 aliphatic rings. The molecule has 0 N–H and O–H groups in total. The van der Waals surface area contributed by atoms with Crippen LogP contribution in [0.4, 0.5) is 0 Å². The van der Waals surface area contributed by atoms with Crippen molar-refractivity contribution >= 4 is 11.9 Å². The van der Waals surface area contributed by atoms with Crippen molar-refractivity contribution in [3.05, 3.63) is 41.5 Å². The van der Waals surface area contributed by atoms with Gasteiger partial charge in [-0.25, -0.2) is 0 Å². The van der Waals surface area contributed by atoms with Crippen LogP contribution in [0.15, 0.2) is 30.3 Å². The minimum absolute atomic E-state index is 0.204. The Morgan fingerprint density at radius 1 is 1.25 bits per heavy atom. The molecule has 0 amide bonds. The van der Waals surface area contributed by atoms with E-state index in [2.05, 4.69) is 38.1 Å².